The highest BCUT2D eigenvalue weighted by Crippen LogP contribution is 2.26. The van der Waals surface area contributed by atoms with Crippen LogP contribution in [-0.4, -0.2) is 27.5 Å². The molecule has 0 spiro atoms. The van der Waals surface area contributed by atoms with Gasteiger partial charge in [0.1, 0.15) is 5.82 Å². The minimum absolute atomic E-state index is 0.0694. The summed E-state index contributed by atoms with van der Waals surface area (Å²) in [6, 6.07) is 5.01. The number of rotatable bonds is 3. The fourth-order valence-electron chi connectivity index (χ4n) is 2.85. The number of aromatic nitrogens is 2. The van der Waals surface area contributed by atoms with E-state index in [0.717, 1.165) is 10.9 Å². The number of carbonyl (C=O) groups excluding carboxylic acids is 1. The highest BCUT2D eigenvalue weighted by atomic mass is 35.5. The van der Waals surface area contributed by atoms with Crippen LogP contribution in [0.2, 0.25) is 5.02 Å². The van der Waals surface area contributed by atoms with Crippen LogP contribution >= 0.6 is 11.6 Å². The van der Waals surface area contributed by atoms with Crippen molar-refractivity contribution in [3.63, 3.8) is 0 Å². The smallest absolute Gasteiger partial charge is 0.321 e. The molecule has 0 bridgehead atoms. The summed E-state index contributed by atoms with van der Waals surface area (Å²) in [5.74, 6) is -0.554. The molecule has 2 aromatic heterocycles. The largest absolute Gasteiger partial charge is 0.322 e. The Morgan fingerprint density at radius 3 is 2.78 bits per heavy atom. The summed E-state index contributed by atoms with van der Waals surface area (Å²) >= 11 is 5.75. The van der Waals surface area contributed by atoms with E-state index in [4.69, 9.17) is 11.6 Å². The number of nitrogens with one attached hydrogen (secondary N) is 1. The number of hydrogen-bond donors (Lipinski definition) is 1. The number of halogens is 2. The molecule has 8 heteroatoms. The number of carbonyl (C=O) groups is 1. The minimum atomic E-state index is -0.554. The van der Waals surface area contributed by atoms with Crippen molar-refractivity contribution in [1.29, 1.82) is 0 Å². The van der Waals surface area contributed by atoms with E-state index < -0.39 is 5.82 Å². The summed E-state index contributed by atoms with van der Waals surface area (Å²) in [6.45, 7) is 1.86. The van der Waals surface area contributed by atoms with Gasteiger partial charge in [-0.3, -0.25) is 9.78 Å². The molecule has 3 aromatic rings. The number of hydrogen-bond acceptors (Lipinski definition) is 3. The second-order valence-corrected chi connectivity index (χ2v) is 6.67. The predicted molar refractivity (Wildman–Crippen MR) is 104 cm³/mol. The topological polar surface area (TPSA) is 67.2 Å². The SMILES string of the molecule is CC(c1cn(C)c(=O)c2cnccc12)N(C)C(=O)Nc1ccc(F)c(Cl)c1. The highest BCUT2D eigenvalue weighted by Gasteiger charge is 2.21. The Morgan fingerprint density at radius 2 is 2.07 bits per heavy atom. The Hall–Kier alpha value is -2.93. The van der Waals surface area contributed by atoms with Crippen LogP contribution in [-0.2, 0) is 7.05 Å². The maximum atomic E-state index is 13.3. The van der Waals surface area contributed by atoms with Crippen LogP contribution in [0, 0.1) is 5.82 Å². The van der Waals surface area contributed by atoms with Gasteiger partial charge in [-0.2, -0.15) is 0 Å². The molecule has 1 atom stereocenters. The zero-order valence-corrected chi connectivity index (χ0v) is 15.8. The van der Waals surface area contributed by atoms with E-state index in [-0.39, 0.29) is 22.7 Å². The molecular formula is C19H18ClFN4O2. The van der Waals surface area contributed by atoms with Crippen LogP contribution in [0.4, 0.5) is 14.9 Å². The number of pyridine rings is 2. The second-order valence-electron chi connectivity index (χ2n) is 6.27. The van der Waals surface area contributed by atoms with Crippen molar-refractivity contribution < 1.29 is 9.18 Å². The summed E-state index contributed by atoms with van der Waals surface area (Å²) in [6.07, 6.45) is 4.85. The van der Waals surface area contributed by atoms with Crippen LogP contribution in [0.5, 0.6) is 0 Å². The number of benzene rings is 1. The van der Waals surface area contributed by atoms with Crippen molar-refractivity contribution in [2.45, 2.75) is 13.0 Å². The minimum Gasteiger partial charge on any atom is -0.321 e. The number of fused-ring (bicyclic) bond motifs is 1. The molecule has 1 unspecified atom stereocenters. The Kier molecular flexibility index (Phi) is 5.14. The lowest BCUT2D eigenvalue weighted by atomic mass is 10.0. The maximum Gasteiger partial charge on any atom is 0.322 e. The summed E-state index contributed by atoms with van der Waals surface area (Å²) in [4.78, 5) is 30.4. The molecule has 0 saturated heterocycles. The van der Waals surface area contributed by atoms with Gasteiger partial charge in [-0.25, -0.2) is 9.18 Å². The average Bonchev–Trinajstić information content (AvgIpc) is 2.66. The van der Waals surface area contributed by atoms with Gasteiger partial charge in [0.2, 0.25) is 0 Å². The summed E-state index contributed by atoms with van der Waals surface area (Å²) in [5.41, 5.74) is 1.05. The standard InChI is InChI=1S/C19H18ClFN4O2/c1-11(15-10-24(2)18(26)14-9-22-7-6-13(14)15)25(3)19(27)23-12-4-5-17(21)16(20)8-12/h4-11H,1-3H3,(H,23,27). The zero-order valence-electron chi connectivity index (χ0n) is 15.0. The van der Waals surface area contributed by atoms with Crippen LogP contribution in [0.15, 0.2) is 47.7 Å². The third-order valence-electron chi connectivity index (χ3n) is 4.54. The lowest BCUT2D eigenvalue weighted by Gasteiger charge is -2.27. The second kappa shape index (κ2) is 7.36. The average molecular weight is 389 g/mol. The van der Waals surface area contributed by atoms with E-state index >= 15 is 0 Å². The Balaban J connectivity index is 1.91. The lowest BCUT2D eigenvalue weighted by Crippen LogP contribution is -2.34. The van der Waals surface area contributed by atoms with Gasteiger partial charge in [-0.15, -0.1) is 0 Å². The lowest BCUT2D eigenvalue weighted by molar-refractivity contribution is 0.208. The fraction of sp³-hybridized carbons (Fsp3) is 0.211. The van der Waals surface area contributed by atoms with Crippen LogP contribution in [0.25, 0.3) is 10.8 Å². The van der Waals surface area contributed by atoms with E-state index in [2.05, 4.69) is 10.3 Å². The van der Waals surface area contributed by atoms with Crippen LogP contribution < -0.4 is 10.9 Å². The molecule has 0 fully saturated rings. The first-order chi connectivity index (χ1) is 12.8. The summed E-state index contributed by atoms with van der Waals surface area (Å²) in [7, 11) is 3.30. The Bertz CT molecular complexity index is 1080. The first-order valence-corrected chi connectivity index (χ1v) is 8.59. The summed E-state index contributed by atoms with van der Waals surface area (Å²) in [5, 5.41) is 3.85. The first-order valence-electron chi connectivity index (χ1n) is 8.21. The number of nitrogens with zero attached hydrogens (tertiary/aromatic N) is 3. The third kappa shape index (κ3) is 3.64. The number of aryl methyl sites for hydroxylation is 1. The molecular weight excluding hydrogens is 371 g/mol. The van der Waals surface area contributed by atoms with Crippen LogP contribution in [0.1, 0.15) is 18.5 Å². The molecule has 0 aliphatic heterocycles. The third-order valence-corrected chi connectivity index (χ3v) is 4.83. The number of anilines is 1. The number of amides is 2. The van der Waals surface area contributed by atoms with Gasteiger partial charge in [0.05, 0.1) is 16.5 Å². The van der Waals surface area contributed by atoms with E-state index in [1.807, 2.05) is 6.92 Å². The van der Waals surface area contributed by atoms with Crippen molar-refractivity contribution in [1.82, 2.24) is 14.5 Å². The number of urea groups is 1. The van der Waals surface area contributed by atoms with Crippen molar-refractivity contribution in [2.75, 3.05) is 12.4 Å². The molecule has 0 radical (unpaired) electrons. The van der Waals surface area contributed by atoms with E-state index in [9.17, 15) is 14.0 Å². The van der Waals surface area contributed by atoms with Gasteiger partial charge in [0.15, 0.2) is 0 Å². The quantitative estimate of drug-likeness (QED) is 0.738. The molecule has 0 aliphatic rings. The molecule has 1 aromatic carbocycles. The predicted octanol–water partition coefficient (Wildman–Crippen LogP) is 3.95. The molecule has 6 nitrogen and oxygen atoms in total. The van der Waals surface area contributed by atoms with Gasteiger partial charge in [0, 0.05) is 38.4 Å². The maximum absolute atomic E-state index is 13.3. The van der Waals surface area contributed by atoms with E-state index in [1.54, 1.807) is 32.6 Å². The van der Waals surface area contributed by atoms with Gasteiger partial charge < -0.3 is 14.8 Å². The molecule has 2 heterocycles. The van der Waals surface area contributed by atoms with E-state index in [0.29, 0.717) is 11.1 Å². The zero-order chi connectivity index (χ0) is 19.7. The van der Waals surface area contributed by atoms with E-state index in [1.165, 1.54) is 33.9 Å². The van der Waals surface area contributed by atoms with Crippen molar-refractivity contribution >= 4 is 34.1 Å². The van der Waals surface area contributed by atoms with Gasteiger partial charge in [-0.05, 0) is 42.1 Å². The van der Waals surface area contributed by atoms with Gasteiger partial charge in [0.25, 0.3) is 5.56 Å². The molecule has 27 heavy (non-hydrogen) atoms. The molecule has 1 N–H and O–H groups in total. The fourth-order valence-corrected chi connectivity index (χ4v) is 3.03. The molecule has 140 valence electrons. The first kappa shape index (κ1) is 18.8. The molecule has 0 saturated carbocycles. The normalized spacial score (nSPS) is 12.0. The molecule has 2 amide bonds. The Labute approximate surface area is 160 Å². The van der Waals surface area contributed by atoms with Crippen molar-refractivity contribution in [3.8, 4) is 0 Å². The Morgan fingerprint density at radius 1 is 1.33 bits per heavy atom. The highest BCUT2D eigenvalue weighted by molar-refractivity contribution is 6.31. The molecule has 3 rings (SSSR count). The van der Waals surface area contributed by atoms with Crippen LogP contribution in [0.3, 0.4) is 0 Å². The molecule has 0 aliphatic carbocycles. The summed E-state index contributed by atoms with van der Waals surface area (Å²) < 4.78 is 14.7. The van der Waals surface area contributed by atoms with Crippen molar-refractivity contribution in [2.24, 2.45) is 7.05 Å². The van der Waals surface area contributed by atoms with Gasteiger partial charge >= 0.3 is 6.03 Å². The van der Waals surface area contributed by atoms with Crippen molar-refractivity contribution in [3.05, 3.63) is 69.6 Å². The monoisotopic (exact) mass is 388 g/mol. The van der Waals surface area contributed by atoms with Gasteiger partial charge in [-0.1, -0.05) is 11.6 Å².